The van der Waals surface area contributed by atoms with E-state index in [1.54, 1.807) is 37.4 Å². The molecule has 7 heteroatoms. The number of aryl methyl sites for hydroxylation is 1. The Kier molecular flexibility index (Phi) is 6.97. The van der Waals surface area contributed by atoms with Crippen molar-refractivity contribution in [3.63, 3.8) is 0 Å². The highest BCUT2D eigenvalue weighted by molar-refractivity contribution is 6.46. The number of hydrogen-bond donors (Lipinski definition) is 1. The number of aliphatic hydroxyl groups excluding tert-OH is 1. The minimum atomic E-state index is -0.792. The standard InChI is InChI=1S/C24H27NO6/c1-5-31-19-9-7-6-8-18(19)21-20(23(27)24(28)25(21)12-13-29-3)22(26)17-11-10-16(30-4)14-15(17)2/h6-11,14,21,26H,5,12-13H2,1-4H3/b22-20+/t21-/m1/s1. The second-order valence-electron chi connectivity index (χ2n) is 7.14. The number of nitrogens with zero attached hydrogens (tertiary/aromatic N) is 1. The summed E-state index contributed by atoms with van der Waals surface area (Å²) in [7, 11) is 3.08. The molecule has 1 fully saturated rings. The van der Waals surface area contributed by atoms with E-state index in [0.717, 1.165) is 5.56 Å². The fourth-order valence-electron chi connectivity index (χ4n) is 3.79. The number of carbonyl (C=O) groups is 2. The quantitative estimate of drug-likeness (QED) is 0.396. The van der Waals surface area contributed by atoms with Crippen LogP contribution in [0.3, 0.4) is 0 Å². The molecule has 0 spiro atoms. The first-order valence-corrected chi connectivity index (χ1v) is 10.1. The maximum Gasteiger partial charge on any atom is 0.295 e. The summed E-state index contributed by atoms with van der Waals surface area (Å²) < 4.78 is 16.1. The Hall–Kier alpha value is -3.32. The predicted molar refractivity (Wildman–Crippen MR) is 116 cm³/mol. The number of methoxy groups -OCH3 is 2. The first-order valence-electron chi connectivity index (χ1n) is 10.1. The molecule has 1 atom stereocenters. The van der Waals surface area contributed by atoms with Crippen molar-refractivity contribution in [1.82, 2.24) is 4.90 Å². The van der Waals surface area contributed by atoms with Crippen LogP contribution in [0, 0.1) is 6.92 Å². The van der Waals surface area contributed by atoms with Crippen molar-refractivity contribution in [2.45, 2.75) is 19.9 Å². The average Bonchev–Trinajstić information content (AvgIpc) is 3.02. The molecule has 3 rings (SSSR count). The molecule has 0 bridgehead atoms. The minimum Gasteiger partial charge on any atom is -0.507 e. The van der Waals surface area contributed by atoms with E-state index in [9.17, 15) is 14.7 Å². The van der Waals surface area contributed by atoms with Crippen molar-refractivity contribution in [2.75, 3.05) is 34.0 Å². The number of aliphatic hydroxyl groups is 1. The maximum atomic E-state index is 13.1. The molecule has 1 saturated heterocycles. The first kappa shape index (κ1) is 22.4. The lowest BCUT2D eigenvalue weighted by Crippen LogP contribution is -2.32. The molecule has 7 nitrogen and oxygen atoms in total. The monoisotopic (exact) mass is 425 g/mol. The van der Waals surface area contributed by atoms with Gasteiger partial charge in [-0.15, -0.1) is 0 Å². The Morgan fingerprint density at radius 3 is 2.52 bits per heavy atom. The third-order valence-corrected chi connectivity index (χ3v) is 5.28. The van der Waals surface area contributed by atoms with Crippen LogP contribution in [-0.4, -0.2) is 55.7 Å². The molecule has 2 aromatic rings. The van der Waals surface area contributed by atoms with Gasteiger partial charge >= 0.3 is 0 Å². The Bertz CT molecular complexity index is 1010. The van der Waals surface area contributed by atoms with Gasteiger partial charge in [0, 0.05) is 24.8 Å². The fourth-order valence-corrected chi connectivity index (χ4v) is 3.79. The zero-order valence-electron chi connectivity index (χ0n) is 18.2. The number of rotatable bonds is 8. The highest BCUT2D eigenvalue weighted by atomic mass is 16.5. The molecule has 1 heterocycles. The van der Waals surface area contributed by atoms with Gasteiger partial charge in [-0.2, -0.15) is 0 Å². The lowest BCUT2D eigenvalue weighted by atomic mass is 9.93. The lowest BCUT2D eigenvalue weighted by molar-refractivity contribution is -0.140. The number of Topliss-reactive ketones (excluding diaryl/α,β-unsaturated/α-hetero) is 1. The molecular weight excluding hydrogens is 398 g/mol. The SMILES string of the molecule is CCOc1ccccc1[C@@H]1/C(=C(\O)c2ccc(OC)cc2C)C(=O)C(=O)N1CCOC. The summed E-state index contributed by atoms with van der Waals surface area (Å²) in [4.78, 5) is 27.4. The van der Waals surface area contributed by atoms with Crippen molar-refractivity contribution in [3.8, 4) is 11.5 Å². The largest absolute Gasteiger partial charge is 0.507 e. The van der Waals surface area contributed by atoms with Gasteiger partial charge in [-0.3, -0.25) is 9.59 Å². The van der Waals surface area contributed by atoms with E-state index < -0.39 is 17.7 Å². The smallest absolute Gasteiger partial charge is 0.295 e. The van der Waals surface area contributed by atoms with Crippen LogP contribution in [0.1, 0.15) is 29.7 Å². The Morgan fingerprint density at radius 2 is 1.87 bits per heavy atom. The third-order valence-electron chi connectivity index (χ3n) is 5.28. The van der Waals surface area contributed by atoms with Gasteiger partial charge in [0.15, 0.2) is 0 Å². The van der Waals surface area contributed by atoms with Crippen LogP contribution in [0.15, 0.2) is 48.0 Å². The van der Waals surface area contributed by atoms with Crippen LogP contribution in [0.25, 0.3) is 5.76 Å². The number of ketones is 1. The van der Waals surface area contributed by atoms with Gasteiger partial charge < -0.3 is 24.2 Å². The normalized spacial score (nSPS) is 17.8. The Balaban J connectivity index is 2.22. The zero-order valence-corrected chi connectivity index (χ0v) is 18.2. The summed E-state index contributed by atoms with van der Waals surface area (Å²) in [5.74, 6) is -0.458. The molecule has 1 aliphatic rings. The minimum absolute atomic E-state index is 0.0292. The van der Waals surface area contributed by atoms with Gasteiger partial charge in [-0.25, -0.2) is 0 Å². The molecule has 1 N–H and O–H groups in total. The number of benzene rings is 2. The van der Waals surface area contributed by atoms with Crippen molar-refractivity contribution in [3.05, 3.63) is 64.7 Å². The summed E-state index contributed by atoms with van der Waals surface area (Å²) >= 11 is 0. The molecular formula is C24H27NO6. The van der Waals surface area contributed by atoms with Crippen LogP contribution in [0.2, 0.25) is 0 Å². The van der Waals surface area contributed by atoms with Crippen molar-refractivity contribution in [2.24, 2.45) is 0 Å². The van der Waals surface area contributed by atoms with E-state index in [2.05, 4.69) is 0 Å². The molecule has 2 aromatic carbocycles. The van der Waals surface area contributed by atoms with Crippen LogP contribution in [0.4, 0.5) is 0 Å². The summed E-state index contributed by atoms with van der Waals surface area (Å²) in [6.07, 6.45) is 0. The van der Waals surface area contributed by atoms with Gasteiger partial charge in [0.25, 0.3) is 11.7 Å². The summed E-state index contributed by atoms with van der Waals surface area (Å²) in [6.45, 7) is 4.54. The summed E-state index contributed by atoms with van der Waals surface area (Å²) in [6, 6.07) is 11.6. The third kappa shape index (κ3) is 4.27. The molecule has 1 amide bonds. The topological polar surface area (TPSA) is 85.3 Å². The van der Waals surface area contributed by atoms with E-state index in [1.165, 1.54) is 12.0 Å². The maximum absolute atomic E-state index is 13.1. The average molecular weight is 425 g/mol. The molecule has 164 valence electrons. The van der Waals surface area contributed by atoms with E-state index >= 15 is 0 Å². The summed E-state index contributed by atoms with van der Waals surface area (Å²) in [5.41, 5.74) is 1.84. The zero-order chi connectivity index (χ0) is 22.5. The van der Waals surface area contributed by atoms with Crippen LogP contribution in [0.5, 0.6) is 11.5 Å². The molecule has 0 aromatic heterocycles. The molecule has 0 saturated carbocycles. The van der Waals surface area contributed by atoms with E-state index in [-0.39, 0.29) is 24.5 Å². The van der Waals surface area contributed by atoms with Crippen LogP contribution < -0.4 is 9.47 Å². The van der Waals surface area contributed by atoms with E-state index in [0.29, 0.717) is 29.2 Å². The number of likely N-dealkylation sites (tertiary alicyclic amines) is 1. The molecule has 1 aliphatic heterocycles. The van der Waals surface area contributed by atoms with Gasteiger partial charge in [0.2, 0.25) is 0 Å². The Labute approximate surface area is 181 Å². The highest BCUT2D eigenvalue weighted by Crippen LogP contribution is 2.43. The summed E-state index contributed by atoms with van der Waals surface area (Å²) in [5, 5.41) is 11.2. The molecule has 0 unspecified atom stereocenters. The van der Waals surface area contributed by atoms with Crippen LogP contribution >= 0.6 is 0 Å². The molecule has 0 aliphatic carbocycles. The van der Waals surface area contributed by atoms with Crippen molar-refractivity contribution in [1.29, 1.82) is 0 Å². The van der Waals surface area contributed by atoms with Crippen molar-refractivity contribution < 1.29 is 28.9 Å². The van der Waals surface area contributed by atoms with Gasteiger partial charge in [0.1, 0.15) is 17.3 Å². The van der Waals surface area contributed by atoms with Gasteiger partial charge in [-0.05, 0) is 43.7 Å². The van der Waals surface area contributed by atoms with E-state index in [4.69, 9.17) is 14.2 Å². The number of ether oxygens (including phenoxy) is 3. The molecule has 0 radical (unpaired) electrons. The van der Waals surface area contributed by atoms with Crippen LogP contribution in [-0.2, 0) is 14.3 Å². The van der Waals surface area contributed by atoms with Crippen molar-refractivity contribution >= 4 is 17.4 Å². The highest BCUT2D eigenvalue weighted by Gasteiger charge is 2.47. The number of carbonyl (C=O) groups excluding carboxylic acids is 2. The first-order chi connectivity index (χ1) is 14.9. The predicted octanol–water partition coefficient (Wildman–Crippen LogP) is 3.47. The number of para-hydroxylation sites is 1. The van der Waals surface area contributed by atoms with Gasteiger partial charge in [-0.1, -0.05) is 18.2 Å². The number of hydrogen-bond acceptors (Lipinski definition) is 6. The second kappa shape index (κ2) is 9.66. The Morgan fingerprint density at radius 1 is 1.13 bits per heavy atom. The van der Waals surface area contributed by atoms with Gasteiger partial charge in [0.05, 0.1) is 31.9 Å². The second-order valence-corrected chi connectivity index (χ2v) is 7.14. The number of amides is 1. The fraction of sp³-hybridized carbons (Fsp3) is 0.333. The lowest BCUT2D eigenvalue weighted by Gasteiger charge is -2.26. The van der Waals surface area contributed by atoms with E-state index in [1.807, 2.05) is 26.0 Å². The molecule has 31 heavy (non-hydrogen) atoms.